The topological polar surface area (TPSA) is 126 Å². The Kier molecular flexibility index (Phi) is 11.6. The fourth-order valence-electron chi connectivity index (χ4n) is 5.56. The molecular formula is C38H48Cl2N6O4Si. The summed E-state index contributed by atoms with van der Waals surface area (Å²) >= 11 is 12.6. The number of hydrogen-bond acceptors (Lipinski definition) is 7. The van der Waals surface area contributed by atoms with Crippen LogP contribution in [0.15, 0.2) is 57.4 Å². The average molecular weight is 752 g/mol. The minimum absolute atomic E-state index is 0.290. The number of benzene rings is 2. The lowest BCUT2D eigenvalue weighted by atomic mass is 10.1. The summed E-state index contributed by atoms with van der Waals surface area (Å²) in [4.78, 5) is 12.1. The number of carbonyl (C=O) groups is 1. The highest BCUT2D eigenvalue weighted by Crippen LogP contribution is 2.32. The highest BCUT2D eigenvalue weighted by molar-refractivity contribution is 6.76. The summed E-state index contributed by atoms with van der Waals surface area (Å²) in [5.74, 6) is 3.50. The Morgan fingerprint density at radius 1 is 0.804 bits per heavy atom. The predicted octanol–water partition coefficient (Wildman–Crippen LogP) is 11.0. The van der Waals surface area contributed by atoms with Crippen LogP contribution < -0.4 is 11.1 Å². The number of ether oxygens (including phenoxy) is 1. The molecule has 0 aliphatic carbocycles. The molecule has 3 N–H and O–H groups in total. The summed E-state index contributed by atoms with van der Waals surface area (Å²) in [6.07, 6.45) is -0.476. The van der Waals surface area contributed by atoms with E-state index >= 15 is 0 Å². The van der Waals surface area contributed by atoms with Crippen molar-refractivity contribution in [1.82, 2.24) is 19.6 Å². The number of amides is 1. The van der Waals surface area contributed by atoms with Gasteiger partial charge in [0.2, 0.25) is 0 Å². The Bertz CT molecular complexity index is 2150. The molecular weight excluding hydrogens is 703 g/mol. The summed E-state index contributed by atoms with van der Waals surface area (Å²) in [5.41, 5.74) is 11.3. The van der Waals surface area contributed by atoms with Crippen LogP contribution >= 0.6 is 23.2 Å². The van der Waals surface area contributed by atoms with Crippen molar-refractivity contribution in [2.24, 2.45) is 0 Å². The second kappa shape index (κ2) is 15.6. The fourth-order valence-corrected chi connectivity index (χ4v) is 6.77. The number of hydrogen-bond donors (Lipinski definition) is 2. The van der Waals surface area contributed by atoms with Crippen LogP contribution in [0.1, 0.15) is 73.6 Å². The van der Waals surface area contributed by atoms with Crippen molar-refractivity contribution >= 4 is 70.9 Å². The molecule has 6 aromatic rings. The molecule has 4 aromatic heterocycles. The fraction of sp³-hybridized carbons (Fsp3) is 0.395. The van der Waals surface area contributed by atoms with E-state index in [2.05, 4.69) is 68.9 Å². The third kappa shape index (κ3) is 9.78. The van der Waals surface area contributed by atoms with E-state index in [1.807, 2.05) is 65.7 Å². The lowest BCUT2D eigenvalue weighted by Gasteiger charge is -2.15. The Morgan fingerprint density at radius 3 is 1.75 bits per heavy atom. The van der Waals surface area contributed by atoms with Gasteiger partial charge in [-0.3, -0.25) is 14.7 Å². The van der Waals surface area contributed by atoms with Gasteiger partial charge < -0.3 is 19.3 Å². The van der Waals surface area contributed by atoms with E-state index in [0.717, 1.165) is 62.0 Å². The number of nitrogen functional groups attached to an aromatic ring is 1. The van der Waals surface area contributed by atoms with Crippen LogP contribution in [0.25, 0.3) is 21.9 Å². The molecule has 4 heterocycles. The number of anilines is 2. The van der Waals surface area contributed by atoms with Gasteiger partial charge >= 0.3 is 6.09 Å². The highest BCUT2D eigenvalue weighted by Gasteiger charge is 2.17. The first-order valence-corrected chi connectivity index (χ1v) is 21.6. The Morgan fingerprint density at radius 2 is 1.29 bits per heavy atom. The van der Waals surface area contributed by atoms with Gasteiger partial charge in [-0.15, -0.1) is 0 Å². The van der Waals surface area contributed by atoms with Crippen molar-refractivity contribution in [3.63, 3.8) is 0 Å². The minimum atomic E-state index is -1.24. The summed E-state index contributed by atoms with van der Waals surface area (Å²) in [7, 11) is -1.24. The molecule has 2 aromatic carbocycles. The van der Waals surface area contributed by atoms with Gasteiger partial charge in [0.15, 0.2) is 5.82 Å². The maximum absolute atomic E-state index is 12.1. The number of halogens is 2. The van der Waals surface area contributed by atoms with Gasteiger partial charge in [0, 0.05) is 75.4 Å². The molecule has 0 bridgehead atoms. The first kappa shape index (κ1) is 38.0. The van der Waals surface area contributed by atoms with Crippen molar-refractivity contribution in [2.75, 3.05) is 17.7 Å². The first-order valence-electron chi connectivity index (χ1n) is 17.2. The lowest BCUT2D eigenvalue weighted by molar-refractivity contribution is 0.167. The van der Waals surface area contributed by atoms with Crippen LogP contribution in [0.5, 0.6) is 0 Å². The average Bonchev–Trinajstić information content (AvgIpc) is 3.78. The molecule has 272 valence electrons. The number of carbonyl (C=O) groups excluding carboxylic acids is 1. The van der Waals surface area contributed by atoms with Crippen LogP contribution in [0, 0.1) is 13.8 Å². The molecule has 0 aliphatic rings. The molecule has 0 atom stereocenters. The number of nitrogens with one attached hydrogen (secondary N) is 1. The SMILES string of the molecule is Cc1cc(N)nn1Cc1cc(Cl)cc2cc(C(C)C)oc12.Cc1cc(NC(=O)OCC[Si](C)(C)C)nn1Cc1cc(Cl)cc2cc(C(C)C)oc12. The molecule has 0 spiro atoms. The summed E-state index contributed by atoms with van der Waals surface area (Å²) in [5, 5.41) is 14.9. The molecule has 0 saturated heterocycles. The predicted molar refractivity (Wildman–Crippen MR) is 210 cm³/mol. The maximum atomic E-state index is 12.1. The smallest absolute Gasteiger partial charge is 0.412 e. The first-order chi connectivity index (χ1) is 23.9. The second-order valence-corrected chi connectivity index (χ2v) is 21.3. The summed E-state index contributed by atoms with van der Waals surface area (Å²) < 4.78 is 21.1. The molecule has 6 rings (SSSR count). The van der Waals surface area contributed by atoms with E-state index in [-0.39, 0.29) is 0 Å². The van der Waals surface area contributed by atoms with Crippen LogP contribution in [-0.4, -0.2) is 40.3 Å². The van der Waals surface area contributed by atoms with Gasteiger partial charge in [-0.2, -0.15) is 10.2 Å². The molecule has 0 aliphatic heterocycles. The van der Waals surface area contributed by atoms with E-state index < -0.39 is 14.2 Å². The van der Waals surface area contributed by atoms with Crippen molar-refractivity contribution in [3.05, 3.63) is 92.6 Å². The van der Waals surface area contributed by atoms with Crippen LogP contribution in [0.3, 0.4) is 0 Å². The van der Waals surface area contributed by atoms with E-state index in [9.17, 15) is 4.79 Å². The number of nitrogens with two attached hydrogens (primary N) is 1. The quantitative estimate of drug-likeness (QED) is 0.133. The molecule has 10 nitrogen and oxygen atoms in total. The molecule has 13 heteroatoms. The summed E-state index contributed by atoms with van der Waals surface area (Å²) in [6, 6.07) is 16.4. The highest BCUT2D eigenvalue weighted by atomic mass is 35.5. The van der Waals surface area contributed by atoms with Crippen LogP contribution in [-0.2, 0) is 17.8 Å². The van der Waals surface area contributed by atoms with E-state index in [1.165, 1.54) is 0 Å². The van der Waals surface area contributed by atoms with Gasteiger partial charge in [0.05, 0.1) is 19.7 Å². The van der Waals surface area contributed by atoms with E-state index in [4.69, 9.17) is 42.5 Å². The number of aryl methyl sites for hydroxylation is 2. The maximum Gasteiger partial charge on any atom is 0.412 e. The number of fused-ring (bicyclic) bond motifs is 2. The van der Waals surface area contributed by atoms with Gasteiger partial charge in [0.1, 0.15) is 28.5 Å². The summed E-state index contributed by atoms with van der Waals surface area (Å²) in [6.45, 7) is 20.6. The van der Waals surface area contributed by atoms with Crippen molar-refractivity contribution in [3.8, 4) is 0 Å². The Balaban J connectivity index is 0.000000210. The van der Waals surface area contributed by atoms with Crippen molar-refractivity contribution < 1.29 is 18.4 Å². The molecule has 0 radical (unpaired) electrons. The van der Waals surface area contributed by atoms with E-state index in [0.29, 0.717) is 53.2 Å². The number of aromatic nitrogens is 4. The largest absolute Gasteiger partial charge is 0.460 e. The van der Waals surface area contributed by atoms with Gasteiger partial charge in [0.25, 0.3) is 0 Å². The molecule has 0 unspecified atom stereocenters. The number of rotatable bonds is 10. The van der Waals surface area contributed by atoms with Gasteiger partial charge in [-0.05, 0) is 56.3 Å². The molecule has 0 fully saturated rings. The van der Waals surface area contributed by atoms with Crippen molar-refractivity contribution in [1.29, 1.82) is 0 Å². The van der Waals surface area contributed by atoms with Gasteiger partial charge in [-0.1, -0.05) is 70.5 Å². The Hall–Kier alpha value is -4.19. The number of furan rings is 2. The molecule has 51 heavy (non-hydrogen) atoms. The second-order valence-electron chi connectivity index (χ2n) is 14.8. The zero-order valence-electron chi connectivity index (χ0n) is 30.9. The normalized spacial score (nSPS) is 11.9. The standard InChI is InChI=1S/C22H30ClN3O3Si.C16H18ClN3O/c1-14(2)19-12-16-10-18(23)11-17(21(16)29-19)13-26-15(3)9-20(25-26)24-22(27)28-7-8-30(4,5)6;1-9(2)14-7-11-5-13(17)6-12(16(11)21-14)8-20-10(3)4-15(18)19-20/h9-12,14H,7-8,13H2,1-6H3,(H,24,25,27);4-7,9H,8H2,1-3H3,(H2,18,19). The Labute approximate surface area is 310 Å². The minimum Gasteiger partial charge on any atom is -0.460 e. The number of nitrogens with zero attached hydrogens (tertiary/aromatic N) is 4. The third-order valence-electron chi connectivity index (χ3n) is 8.43. The van der Waals surface area contributed by atoms with E-state index in [1.54, 1.807) is 0 Å². The lowest BCUT2D eigenvalue weighted by Crippen LogP contribution is -2.24. The zero-order chi connectivity index (χ0) is 37.2. The molecule has 1 amide bonds. The van der Waals surface area contributed by atoms with Crippen molar-refractivity contribution in [2.45, 2.75) is 92.2 Å². The monoisotopic (exact) mass is 750 g/mol. The zero-order valence-corrected chi connectivity index (χ0v) is 33.4. The van der Waals surface area contributed by atoms with Crippen LogP contribution in [0.4, 0.5) is 16.4 Å². The third-order valence-corrected chi connectivity index (χ3v) is 10.6. The van der Waals surface area contributed by atoms with Gasteiger partial charge in [-0.25, -0.2) is 4.79 Å². The molecule has 0 saturated carbocycles. The van der Waals surface area contributed by atoms with Crippen LogP contribution in [0.2, 0.25) is 35.7 Å².